The topological polar surface area (TPSA) is 58.5 Å². The molecule has 1 saturated carbocycles. The number of ether oxygens (including phenoxy) is 1. The Bertz CT molecular complexity index is 475. The third kappa shape index (κ3) is 8.62. The molecule has 0 atom stereocenters. The highest BCUT2D eigenvalue weighted by Crippen LogP contribution is 2.20. The van der Waals surface area contributed by atoms with Gasteiger partial charge in [0.25, 0.3) is 0 Å². The summed E-state index contributed by atoms with van der Waals surface area (Å²) >= 11 is 1.76. The zero-order valence-corrected chi connectivity index (χ0v) is 18.0. The molecule has 0 aromatic carbocycles. The van der Waals surface area contributed by atoms with Gasteiger partial charge in [-0.25, -0.2) is 4.98 Å². The molecule has 1 aliphatic rings. The lowest BCUT2D eigenvalue weighted by Crippen LogP contribution is -2.38. The molecular weight excluding hydrogens is 435 g/mol. The van der Waals surface area contributed by atoms with Gasteiger partial charge in [0.1, 0.15) is 0 Å². The summed E-state index contributed by atoms with van der Waals surface area (Å²) in [5, 5.41) is 7.84. The Morgan fingerprint density at radius 1 is 1.38 bits per heavy atom. The number of thiazole rings is 1. The van der Waals surface area contributed by atoms with E-state index in [0.717, 1.165) is 45.0 Å². The summed E-state index contributed by atoms with van der Waals surface area (Å²) in [7, 11) is 0. The molecule has 24 heavy (non-hydrogen) atoms. The lowest BCUT2D eigenvalue weighted by atomic mass is 10.3. The predicted molar refractivity (Wildman–Crippen MR) is 113 cm³/mol. The second-order valence-corrected chi connectivity index (χ2v) is 7.25. The molecule has 2 N–H and O–H groups in total. The average molecular weight is 466 g/mol. The molecule has 2 rings (SSSR count). The number of halogens is 1. The van der Waals surface area contributed by atoms with Crippen molar-refractivity contribution in [2.45, 2.75) is 58.5 Å². The molecule has 7 heteroatoms. The summed E-state index contributed by atoms with van der Waals surface area (Å²) < 4.78 is 5.87. The second-order valence-electron chi connectivity index (χ2n) is 5.93. The van der Waals surface area contributed by atoms with Gasteiger partial charge in [-0.3, -0.25) is 4.99 Å². The zero-order valence-electron chi connectivity index (χ0n) is 14.8. The maximum atomic E-state index is 5.87. The van der Waals surface area contributed by atoms with E-state index in [9.17, 15) is 0 Å². The third-order valence-corrected chi connectivity index (χ3v) is 4.85. The Hall–Kier alpha value is -0.410. The molecule has 0 saturated heterocycles. The van der Waals surface area contributed by atoms with E-state index in [1.165, 1.54) is 35.6 Å². The first-order valence-electron chi connectivity index (χ1n) is 8.83. The van der Waals surface area contributed by atoms with Gasteiger partial charge < -0.3 is 15.4 Å². The molecule has 0 aliphatic heterocycles. The Morgan fingerprint density at radius 3 is 2.83 bits per heavy atom. The Labute approximate surface area is 167 Å². The monoisotopic (exact) mass is 466 g/mol. The Kier molecular flexibility index (Phi) is 11.6. The molecule has 1 aromatic heterocycles. The molecule has 1 aromatic rings. The van der Waals surface area contributed by atoms with Gasteiger partial charge in [-0.1, -0.05) is 12.8 Å². The fourth-order valence-corrected chi connectivity index (χ4v) is 3.49. The maximum absolute atomic E-state index is 5.87. The van der Waals surface area contributed by atoms with E-state index in [1.54, 1.807) is 11.3 Å². The van der Waals surface area contributed by atoms with Crippen LogP contribution in [0.5, 0.6) is 0 Å². The summed E-state index contributed by atoms with van der Waals surface area (Å²) in [4.78, 5) is 10.3. The van der Waals surface area contributed by atoms with Crippen molar-refractivity contribution >= 4 is 41.3 Å². The van der Waals surface area contributed by atoms with Crippen LogP contribution in [-0.2, 0) is 11.2 Å². The number of hydrogen-bond donors (Lipinski definition) is 2. The lowest BCUT2D eigenvalue weighted by Gasteiger charge is -2.12. The predicted octanol–water partition coefficient (Wildman–Crippen LogP) is 3.52. The number of aromatic nitrogens is 1. The van der Waals surface area contributed by atoms with Crippen LogP contribution >= 0.6 is 35.3 Å². The number of rotatable bonds is 9. The minimum atomic E-state index is 0. The largest absolute Gasteiger partial charge is 0.378 e. The van der Waals surface area contributed by atoms with Crippen LogP contribution in [0.25, 0.3) is 0 Å². The molecule has 138 valence electrons. The van der Waals surface area contributed by atoms with Gasteiger partial charge in [0.05, 0.1) is 11.1 Å². The van der Waals surface area contributed by atoms with Gasteiger partial charge in [0.15, 0.2) is 5.96 Å². The lowest BCUT2D eigenvalue weighted by molar-refractivity contribution is 0.0579. The first-order valence-corrected chi connectivity index (χ1v) is 9.64. The Morgan fingerprint density at radius 2 is 2.17 bits per heavy atom. The quantitative estimate of drug-likeness (QED) is 0.253. The molecule has 0 amide bonds. The highest BCUT2D eigenvalue weighted by molar-refractivity contribution is 14.0. The number of aryl methyl sites for hydroxylation is 1. The molecule has 0 bridgehead atoms. The number of aliphatic imine (C=N–C) groups is 1. The maximum Gasteiger partial charge on any atom is 0.191 e. The van der Waals surface area contributed by atoms with Crippen LogP contribution < -0.4 is 10.6 Å². The van der Waals surface area contributed by atoms with Crippen LogP contribution in [0, 0.1) is 6.92 Å². The van der Waals surface area contributed by atoms with Crippen molar-refractivity contribution in [3.8, 4) is 0 Å². The fourth-order valence-electron chi connectivity index (χ4n) is 2.71. The van der Waals surface area contributed by atoms with Crippen molar-refractivity contribution in [1.82, 2.24) is 15.6 Å². The van der Waals surface area contributed by atoms with Gasteiger partial charge in [-0.15, -0.1) is 35.3 Å². The average Bonchev–Trinajstić information content (AvgIpc) is 3.19. The summed E-state index contributed by atoms with van der Waals surface area (Å²) in [6.07, 6.45) is 9.50. The van der Waals surface area contributed by atoms with Crippen molar-refractivity contribution in [2.24, 2.45) is 4.99 Å². The summed E-state index contributed by atoms with van der Waals surface area (Å²) in [6.45, 7) is 7.54. The molecule has 5 nitrogen and oxygen atoms in total. The van der Waals surface area contributed by atoms with E-state index >= 15 is 0 Å². The second kappa shape index (κ2) is 12.9. The highest BCUT2D eigenvalue weighted by atomic mass is 127. The van der Waals surface area contributed by atoms with E-state index < -0.39 is 0 Å². The molecule has 0 spiro atoms. The molecular formula is C17H31IN4OS. The molecule has 0 radical (unpaired) electrons. The van der Waals surface area contributed by atoms with E-state index in [0.29, 0.717) is 6.10 Å². The van der Waals surface area contributed by atoms with Crippen LogP contribution in [0.3, 0.4) is 0 Å². The van der Waals surface area contributed by atoms with E-state index in [2.05, 4.69) is 34.5 Å². The minimum Gasteiger partial charge on any atom is -0.378 e. The van der Waals surface area contributed by atoms with Crippen LogP contribution in [0.2, 0.25) is 0 Å². The van der Waals surface area contributed by atoms with E-state index in [1.807, 2.05) is 6.20 Å². The number of hydrogen-bond acceptors (Lipinski definition) is 4. The molecule has 1 aliphatic carbocycles. The van der Waals surface area contributed by atoms with Gasteiger partial charge in [-0.05, 0) is 33.1 Å². The Balaban J connectivity index is 0.00000288. The number of guanidine groups is 1. The van der Waals surface area contributed by atoms with Crippen molar-refractivity contribution < 1.29 is 4.74 Å². The van der Waals surface area contributed by atoms with Crippen LogP contribution in [0.1, 0.15) is 48.9 Å². The van der Waals surface area contributed by atoms with Gasteiger partial charge in [0, 0.05) is 43.7 Å². The standard InChI is InChI=1S/C17H30N4OS.HI/c1-3-18-17(20-11-9-16-21-13-14(2)23-16)19-10-6-12-22-15-7-4-5-8-15;/h13,15H,3-12H2,1-2H3,(H2,18,19,20);1H. The van der Waals surface area contributed by atoms with E-state index in [4.69, 9.17) is 4.74 Å². The van der Waals surface area contributed by atoms with Crippen LogP contribution in [-0.4, -0.2) is 43.3 Å². The van der Waals surface area contributed by atoms with Crippen molar-refractivity contribution in [1.29, 1.82) is 0 Å². The SMILES string of the molecule is CCNC(=NCCCOC1CCCC1)NCCc1ncc(C)s1.I. The van der Waals surface area contributed by atoms with Crippen LogP contribution in [0.15, 0.2) is 11.2 Å². The van der Waals surface area contributed by atoms with Crippen molar-refractivity contribution in [2.75, 3.05) is 26.2 Å². The van der Waals surface area contributed by atoms with Crippen molar-refractivity contribution in [3.63, 3.8) is 0 Å². The fraction of sp³-hybridized carbons (Fsp3) is 0.765. The highest BCUT2D eigenvalue weighted by Gasteiger charge is 2.14. The smallest absolute Gasteiger partial charge is 0.191 e. The summed E-state index contributed by atoms with van der Waals surface area (Å²) in [5.74, 6) is 0.890. The first kappa shape index (κ1) is 21.6. The van der Waals surface area contributed by atoms with Gasteiger partial charge in [0.2, 0.25) is 0 Å². The first-order chi connectivity index (χ1) is 11.3. The summed E-state index contributed by atoms with van der Waals surface area (Å²) in [5.41, 5.74) is 0. The van der Waals surface area contributed by atoms with Gasteiger partial charge >= 0.3 is 0 Å². The summed E-state index contributed by atoms with van der Waals surface area (Å²) in [6, 6.07) is 0. The number of nitrogens with zero attached hydrogens (tertiary/aromatic N) is 2. The van der Waals surface area contributed by atoms with E-state index in [-0.39, 0.29) is 24.0 Å². The normalized spacial score (nSPS) is 15.3. The molecule has 0 unspecified atom stereocenters. The minimum absolute atomic E-state index is 0. The van der Waals surface area contributed by atoms with Crippen molar-refractivity contribution in [3.05, 3.63) is 16.1 Å². The molecule has 1 heterocycles. The molecule has 1 fully saturated rings. The van der Waals surface area contributed by atoms with Gasteiger partial charge in [-0.2, -0.15) is 0 Å². The third-order valence-electron chi connectivity index (χ3n) is 3.87. The number of nitrogens with one attached hydrogen (secondary N) is 2. The zero-order chi connectivity index (χ0) is 16.3. The van der Waals surface area contributed by atoms with Crippen LogP contribution in [0.4, 0.5) is 0 Å².